The number of amides is 1. The first-order valence-electron chi connectivity index (χ1n) is 9.75. The van der Waals surface area contributed by atoms with Crippen LogP contribution in [0, 0.1) is 19.8 Å². The number of phenolic OH excluding ortho intramolecular Hbond substituents is 1. The van der Waals surface area contributed by atoms with Crippen LogP contribution in [0.5, 0.6) is 5.75 Å². The molecule has 28 heavy (non-hydrogen) atoms. The fourth-order valence-corrected chi connectivity index (χ4v) is 3.25. The molecule has 0 saturated heterocycles. The SMILES string of the molecule is CCC(CCCNC(N)=NC)C(=O)NC(Cc1c(C)cc(O)cc1C)C(C)=O. The minimum atomic E-state index is -0.579. The monoisotopic (exact) mass is 390 g/mol. The molecule has 0 heterocycles. The van der Waals surface area contributed by atoms with Crippen LogP contribution < -0.4 is 16.4 Å². The van der Waals surface area contributed by atoms with Crippen molar-refractivity contribution in [2.45, 2.75) is 59.4 Å². The number of benzene rings is 1. The van der Waals surface area contributed by atoms with E-state index in [9.17, 15) is 14.7 Å². The highest BCUT2D eigenvalue weighted by atomic mass is 16.3. The molecule has 0 spiro atoms. The van der Waals surface area contributed by atoms with Crippen LogP contribution in [0.25, 0.3) is 0 Å². The van der Waals surface area contributed by atoms with Crippen molar-refractivity contribution >= 4 is 17.6 Å². The Morgan fingerprint density at radius 2 is 1.86 bits per heavy atom. The molecule has 2 atom stereocenters. The lowest BCUT2D eigenvalue weighted by atomic mass is 9.93. The summed E-state index contributed by atoms with van der Waals surface area (Å²) in [6, 6.07) is 2.77. The van der Waals surface area contributed by atoms with Gasteiger partial charge in [-0.05, 0) is 68.9 Å². The minimum Gasteiger partial charge on any atom is -0.508 e. The molecule has 7 heteroatoms. The summed E-state index contributed by atoms with van der Waals surface area (Å²) in [7, 11) is 1.62. The van der Waals surface area contributed by atoms with Crippen molar-refractivity contribution in [1.82, 2.24) is 10.6 Å². The maximum atomic E-state index is 12.7. The predicted octanol–water partition coefficient (Wildman–Crippen LogP) is 1.97. The van der Waals surface area contributed by atoms with Crippen molar-refractivity contribution < 1.29 is 14.7 Å². The normalized spacial score (nSPS) is 13.7. The number of guanidine groups is 1. The van der Waals surface area contributed by atoms with Gasteiger partial charge in [0.25, 0.3) is 0 Å². The summed E-state index contributed by atoms with van der Waals surface area (Å²) in [5.41, 5.74) is 8.39. The topological polar surface area (TPSA) is 117 Å². The van der Waals surface area contributed by atoms with Gasteiger partial charge in [-0.3, -0.25) is 14.6 Å². The summed E-state index contributed by atoms with van der Waals surface area (Å²) in [4.78, 5) is 28.7. The second-order valence-corrected chi connectivity index (χ2v) is 7.22. The number of nitrogens with one attached hydrogen (secondary N) is 2. The van der Waals surface area contributed by atoms with Gasteiger partial charge in [-0.2, -0.15) is 0 Å². The standard InChI is InChI=1S/C21H34N4O3/c1-6-16(8-7-9-24-21(22)23-5)20(28)25-19(15(4)26)12-18-13(2)10-17(27)11-14(18)3/h10-11,16,19,27H,6-9,12H2,1-5H3,(H,25,28)(H3,22,23,24). The number of carbonyl (C=O) groups is 2. The number of ketones is 1. The van der Waals surface area contributed by atoms with Crippen LogP contribution in [0.4, 0.5) is 0 Å². The molecule has 0 aliphatic carbocycles. The van der Waals surface area contributed by atoms with Gasteiger partial charge >= 0.3 is 0 Å². The van der Waals surface area contributed by atoms with E-state index in [-0.39, 0.29) is 23.4 Å². The van der Waals surface area contributed by atoms with Gasteiger partial charge in [0.05, 0.1) is 6.04 Å². The van der Waals surface area contributed by atoms with Crippen LogP contribution in [-0.4, -0.2) is 42.4 Å². The summed E-state index contributed by atoms with van der Waals surface area (Å²) < 4.78 is 0. The number of aliphatic imine (C=N–C) groups is 1. The highest BCUT2D eigenvalue weighted by molar-refractivity contribution is 5.88. The number of Topliss-reactive ketones (excluding diaryl/α,β-unsaturated/α-hetero) is 1. The summed E-state index contributed by atoms with van der Waals surface area (Å²) in [5, 5.41) is 15.6. The molecular weight excluding hydrogens is 356 g/mol. The molecule has 1 aromatic rings. The summed E-state index contributed by atoms with van der Waals surface area (Å²) in [6.07, 6.45) is 2.60. The van der Waals surface area contributed by atoms with Crippen molar-refractivity contribution in [2.75, 3.05) is 13.6 Å². The molecule has 0 fully saturated rings. The van der Waals surface area contributed by atoms with Crippen molar-refractivity contribution in [3.63, 3.8) is 0 Å². The van der Waals surface area contributed by atoms with Gasteiger partial charge in [0, 0.05) is 25.9 Å². The van der Waals surface area contributed by atoms with Gasteiger partial charge < -0.3 is 21.5 Å². The molecule has 5 N–H and O–H groups in total. The maximum Gasteiger partial charge on any atom is 0.223 e. The lowest BCUT2D eigenvalue weighted by Crippen LogP contribution is -2.44. The number of hydrogen-bond donors (Lipinski definition) is 4. The molecule has 0 radical (unpaired) electrons. The summed E-state index contributed by atoms with van der Waals surface area (Å²) in [5.74, 6) is 0.243. The Morgan fingerprint density at radius 1 is 1.25 bits per heavy atom. The van der Waals surface area contributed by atoms with Crippen molar-refractivity contribution in [3.8, 4) is 5.75 Å². The molecule has 7 nitrogen and oxygen atoms in total. The van der Waals surface area contributed by atoms with Gasteiger partial charge in [0.2, 0.25) is 5.91 Å². The van der Waals surface area contributed by atoms with E-state index in [1.54, 1.807) is 19.2 Å². The van der Waals surface area contributed by atoms with E-state index in [1.807, 2.05) is 20.8 Å². The quantitative estimate of drug-likeness (QED) is 0.277. The first-order valence-corrected chi connectivity index (χ1v) is 9.75. The zero-order valence-electron chi connectivity index (χ0n) is 17.6. The average Bonchev–Trinajstić information content (AvgIpc) is 2.62. The largest absolute Gasteiger partial charge is 0.508 e. The lowest BCUT2D eigenvalue weighted by molar-refractivity contribution is -0.129. The summed E-state index contributed by atoms with van der Waals surface area (Å²) in [6.45, 7) is 7.90. The first-order chi connectivity index (χ1) is 13.2. The van der Waals surface area contributed by atoms with Crippen LogP contribution in [-0.2, 0) is 16.0 Å². The molecule has 0 aromatic heterocycles. The zero-order chi connectivity index (χ0) is 21.3. The smallest absolute Gasteiger partial charge is 0.223 e. The number of aromatic hydroxyl groups is 1. The highest BCUT2D eigenvalue weighted by Crippen LogP contribution is 2.22. The fourth-order valence-electron chi connectivity index (χ4n) is 3.25. The van der Waals surface area contributed by atoms with E-state index < -0.39 is 6.04 Å². The fraction of sp³-hybridized carbons (Fsp3) is 0.571. The van der Waals surface area contributed by atoms with Crippen LogP contribution in [0.2, 0.25) is 0 Å². The maximum absolute atomic E-state index is 12.7. The molecule has 2 unspecified atom stereocenters. The van der Waals surface area contributed by atoms with E-state index in [0.29, 0.717) is 31.8 Å². The van der Waals surface area contributed by atoms with E-state index in [0.717, 1.165) is 23.1 Å². The molecule has 0 aliphatic rings. The van der Waals surface area contributed by atoms with E-state index in [4.69, 9.17) is 5.73 Å². The lowest BCUT2D eigenvalue weighted by Gasteiger charge is -2.22. The molecular formula is C21H34N4O3. The van der Waals surface area contributed by atoms with E-state index in [2.05, 4.69) is 15.6 Å². The average molecular weight is 391 g/mol. The molecule has 156 valence electrons. The van der Waals surface area contributed by atoms with Crippen molar-refractivity contribution in [3.05, 3.63) is 28.8 Å². The minimum absolute atomic E-state index is 0.0799. The highest BCUT2D eigenvalue weighted by Gasteiger charge is 2.24. The first kappa shape index (κ1) is 23.5. The van der Waals surface area contributed by atoms with Gasteiger partial charge in [-0.15, -0.1) is 0 Å². The molecule has 1 amide bonds. The number of nitrogens with zero attached hydrogens (tertiary/aromatic N) is 1. The Hall–Kier alpha value is -2.57. The Morgan fingerprint density at radius 3 is 2.36 bits per heavy atom. The van der Waals surface area contributed by atoms with Crippen LogP contribution in [0.3, 0.4) is 0 Å². The van der Waals surface area contributed by atoms with Gasteiger partial charge in [0.15, 0.2) is 11.7 Å². The molecule has 1 rings (SSSR count). The van der Waals surface area contributed by atoms with Crippen LogP contribution in [0.1, 0.15) is 49.8 Å². The van der Waals surface area contributed by atoms with Crippen LogP contribution in [0.15, 0.2) is 17.1 Å². The number of rotatable bonds is 10. The number of carbonyl (C=O) groups excluding carboxylic acids is 2. The Balaban J connectivity index is 2.74. The number of aryl methyl sites for hydroxylation is 2. The second-order valence-electron chi connectivity index (χ2n) is 7.22. The van der Waals surface area contributed by atoms with Gasteiger partial charge in [0.1, 0.15) is 5.75 Å². The van der Waals surface area contributed by atoms with Gasteiger partial charge in [-0.25, -0.2) is 0 Å². The van der Waals surface area contributed by atoms with Crippen LogP contribution >= 0.6 is 0 Å². The molecule has 0 bridgehead atoms. The number of nitrogens with two attached hydrogens (primary N) is 1. The Bertz CT molecular complexity index is 693. The number of phenols is 1. The third kappa shape index (κ3) is 7.21. The Labute approximate surface area is 167 Å². The third-order valence-corrected chi connectivity index (χ3v) is 5.04. The van der Waals surface area contributed by atoms with Crippen molar-refractivity contribution in [2.24, 2.45) is 16.6 Å². The van der Waals surface area contributed by atoms with Crippen molar-refractivity contribution in [1.29, 1.82) is 0 Å². The molecule has 1 aromatic carbocycles. The van der Waals surface area contributed by atoms with E-state index in [1.165, 1.54) is 6.92 Å². The third-order valence-electron chi connectivity index (χ3n) is 5.04. The second kappa shape index (κ2) is 11.3. The molecule has 0 saturated carbocycles. The zero-order valence-corrected chi connectivity index (χ0v) is 17.6. The van der Waals surface area contributed by atoms with E-state index >= 15 is 0 Å². The van der Waals surface area contributed by atoms with Gasteiger partial charge in [-0.1, -0.05) is 6.92 Å². The Kier molecular flexibility index (Phi) is 9.48. The number of hydrogen-bond acceptors (Lipinski definition) is 4. The predicted molar refractivity (Wildman–Crippen MR) is 112 cm³/mol. The summed E-state index contributed by atoms with van der Waals surface area (Å²) >= 11 is 0. The molecule has 0 aliphatic heterocycles.